The molecule has 0 spiro atoms. The number of halogens is 3. The molecule has 0 aliphatic rings. The molecule has 116 valence electrons. The second-order valence-corrected chi connectivity index (χ2v) is 7.11. The SMILES string of the molecule is O=S(=O)(Nc1ccc(B(O)O)cc1Cl)c1cccc(Cl)c1Cl. The number of sulfonamides is 1. The van der Waals surface area contributed by atoms with Crippen molar-refractivity contribution < 1.29 is 18.5 Å². The minimum absolute atomic E-state index is 0.00678. The highest BCUT2D eigenvalue weighted by Crippen LogP contribution is 2.31. The number of anilines is 1. The lowest BCUT2D eigenvalue weighted by Crippen LogP contribution is -2.29. The van der Waals surface area contributed by atoms with Crippen LogP contribution >= 0.6 is 34.8 Å². The summed E-state index contributed by atoms with van der Waals surface area (Å²) >= 11 is 17.6. The molecule has 0 aliphatic carbocycles. The Hall–Kier alpha value is -0.955. The van der Waals surface area contributed by atoms with Gasteiger partial charge in [-0.2, -0.15) is 0 Å². The molecule has 0 saturated carbocycles. The third-order valence-electron chi connectivity index (χ3n) is 2.74. The van der Waals surface area contributed by atoms with E-state index in [-0.39, 0.29) is 31.1 Å². The van der Waals surface area contributed by atoms with Crippen molar-refractivity contribution in [2.45, 2.75) is 4.90 Å². The van der Waals surface area contributed by atoms with Gasteiger partial charge in [-0.05, 0) is 29.7 Å². The molecule has 0 radical (unpaired) electrons. The summed E-state index contributed by atoms with van der Waals surface area (Å²) < 4.78 is 26.9. The maximum absolute atomic E-state index is 12.3. The zero-order valence-corrected chi connectivity index (χ0v) is 13.9. The molecule has 10 heteroatoms. The molecule has 0 aromatic heterocycles. The summed E-state index contributed by atoms with van der Waals surface area (Å²) in [7, 11) is -5.70. The van der Waals surface area contributed by atoms with Crippen molar-refractivity contribution in [3.05, 3.63) is 51.5 Å². The summed E-state index contributed by atoms with van der Waals surface area (Å²) in [6.45, 7) is 0. The number of benzene rings is 2. The van der Waals surface area contributed by atoms with E-state index in [2.05, 4.69) is 4.72 Å². The van der Waals surface area contributed by atoms with Crippen LogP contribution in [-0.4, -0.2) is 25.6 Å². The van der Waals surface area contributed by atoms with E-state index >= 15 is 0 Å². The van der Waals surface area contributed by atoms with E-state index < -0.39 is 17.1 Å². The van der Waals surface area contributed by atoms with Crippen molar-refractivity contribution in [3.8, 4) is 0 Å². The highest BCUT2D eigenvalue weighted by atomic mass is 35.5. The number of hydrogen-bond donors (Lipinski definition) is 3. The summed E-state index contributed by atoms with van der Waals surface area (Å²) in [5, 5.41) is 18.1. The Morgan fingerprint density at radius 1 is 1.00 bits per heavy atom. The van der Waals surface area contributed by atoms with Gasteiger partial charge in [-0.15, -0.1) is 0 Å². The van der Waals surface area contributed by atoms with Crippen LogP contribution in [0, 0.1) is 0 Å². The molecule has 0 fully saturated rings. The fraction of sp³-hybridized carbons (Fsp3) is 0. The monoisotopic (exact) mass is 379 g/mol. The topological polar surface area (TPSA) is 86.6 Å². The molecule has 2 aromatic carbocycles. The molecule has 0 unspecified atom stereocenters. The quantitative estimate of drug-likeness (QED) is 0.709. The normalized spacial score (nSPS) is 11.3. The number of hydrogen-bond acceptors (Lipinski definition) is 4. The molecule has 0 amide bonds. The Bertz CT molecular complexity index is 814. The molecular formula is C12H9BCl3NO4S. The molecular weight excluding hydrogens is 371 g/mol. The van der Waals surface area contributed by atoms with Gasteiger partial charge in [0.1, 0.15) is 4.90 Å². The van der Waals surface area contributed by atoms with Crippen molar-refractivity contribution >= 4 is 63.1 Å². The largest absolute Gasteiger partial charge is 0.488 e. The van der Waals surface area contributed by atoms with Crippen LogP contribution in [0.3, 0.4) is 0 Å². The molecule has 0 aliphatic heterocycles. The minimum atomic E-state index is -4.00. The Kier molecular flexibility index (Phi) is 5.27. The van der Waals surface area contributed by atoms with E-state index in [0.717, 1.165) is 0 Å². The summed E-state index contributed by atoms with van der Waals surface area (Å²) in [5.41, 5.74) is 0.204. The highest BCUT2D eigenvalue weighted by molar-refractivity contribution is 7.92. The van der Waals surface area contributed by atoms with Gasteiger partial charge < -0.3 is 10.0 Å². The fourth-order valence-corrected chi connectivity index (χ4v) is 3.80. The Morgan fingerprint density at radius 2 is 1.68 bits per heavy atom. The predicted octanol–water partition coefficient (Wildman–Crippen LogP) is 2.13. The average molecular weight is 380 g/mol. The van der Waals surface area contributed by atoms with Gasteiger partial charge in [0.2, 0.25) is 0 Å². The van der Waals surface area contributed by atoms with Crippen molar-refractivity contribution in [1.29, 1.82) is 0 Å². The van der Waals surface area contributed by atoms with Crippen molar-refractivity contribution in [2.75, 3.05) is 4.72 Å². The van der Waals surface area contributed by atoms with E-state index in [4.69, 9.17) is 44.9 Å². The molecule has 3 N–H and O–H groups in total. The van der Waals surface area contributed by atoms with Crippen molar-refractivity contribution in [3.63, 3.8) is 0 Å². The first-order valence-corrected chi connectivity index (χ1v) is 8.46. The molecule has 22 heavy (non-hydrogen) atoms. The van der Waals surface area contributed by atoms with Crippen LogP contribution in [0.15, 0.2) is 41.3 Å². The fourth-order valence-electron chi connectivity index (χ4n) is 1.67. The van der Waals surface area contributed by atoms with Crippen LogP contribution in [0.25, 0.3) is 0 Å². The Labute approximate surface area is 142 Å². The molecule has 2 rings (SSSR count). The van der Waals surface area contributed by atoms with Gasteiger partial charge in [0, 0.05) is 0 Å². The smallest absolute Gasteiger partial charge is 0.423 e. The van der Waals surface area contributed by atoms with Gasteiger partial charge in [0.05, 0.1) is 20.8 Å². The number of nitrogens with one attached hydrogen (secondary N) is 1. The summed E-state index contributed by atoms with van der Waals surface area (Å²) in [6.07, 6.45) is 0. The van der Waals surface area contributed by atoms with Gasteiger partial charge in [0.25, 0.3) is 10.0 Å². The van der Waals surface area contributed by atoms with Crippen LogP contribution in [-0.2, 0) is 10.0 Å². The first-order chi connectivity index (χ1) is 10.2. The molecule has 5 nitrogen and oxygen atoms in total. The van der Waals surface area contributed by atoms with E-state index in [1.54, 1.807) is 0 Å². The summed E-state index contributed by atoms with van der Waals surface area (Å²) in [5.74, 6) is 0. The van der Waals surface area contributed by atoms with Gasteiger partial charge in [0.15, 0.2) is 0 Å². The first-order valence-electron chi connectivity index (χ1n) is 5.85. The zero-order chi connectivity index (χ0) is 16.5. The van der Waals surface area contributed by atoms with Crippen LogP contribution < -0.4 is 10.2 Å². The average Bonchev–Trinajstić information content (AvgIpc) is 2.43. The lowest BCUT2D eigenvalue weighted by Gasteiger charge is -2.12. The third kappa shape index (κ3) is 3.68. The first kappa shape index (κ1) is 17.4. The second-order valence-electron chi connectivity index (χ2n) is 4.27. The van der Waals surface area contributed by atoms with E-state index in [1.807, 2.05) is 0 Å². The maximum Gasteiger partial charge on any atom is 0.488 e. The molecule has 0 heterocycles. The lowest BCUT2D eigenvalue weighted by atomic mass is 9.80. The molecule has 2 aromatic rings. The van der Waals surface area contributed by atoms with Gasteiger partial charge >= 0.3 is 7.12 Å². The van der Waals surface area contributed by atoms with Gasteiger partial charge in [-0.3, -0.25) is 4.72 Å². The third-order valence-corrected chi connectivity index (χ3v) is 5.39. The number of rotatable bonds is 4. The van der Waals surface area contributed by atoms with E-state index in [1.165, 1.54) is 36.4 Å². The highest BCUT2D eigenvalue weighted by Gasteiger charge is 2.21. The van der Waals surface area contributed by atoms with Gasteiger partial charge in [-0.1, -0.05) is 46.9 Å². The predicted molar refractivity (Wildman–Crippen MR) is 88.5 cm³/mol. The van der Waals surface area contributed by atoms with Crippen LogP contribution in [0.5, 0.6) is 0 Å². The molecule has 0 atom stereocenters. The molecule has 0 saturated heterocycles. The Morgan fingerprint density at radius 3 is 2.27 bits per heavy atom. The van der Waals surface area contributed by atoms with E-state index in [9.17, 15) is 8.42 Å². The summed E-state index contributed by atoms with van der Waals surface area (Å²) in [4.78, 5) is -0.191. The second kappa shape index (κ2) is 6.66. The maximum atomic E-state index is 12.3. The summed E-state index contributed by atoms with van der Waals surface area (Å²) in [6, 6.07) is 8.10. The van der Waals surface area contributed by atoms with Crippen LogP contribution in [0.2, 0.25) is 15.1 Å². The van der Waals surface area contributed by atoms with Gasteiger partial charge in [-0.25, -0.2) is 8.42 Å². The van der Waals surface area contributed by atoms with Crippen molar-refractivity contribution in [2.24, 2.45) is 0 Å². The molecule has 0 bridgehead atoms. The van der Waals surface area contributed by atoms with E-state index in [0.29, 0.717) is 0 Å². The minimum Gasteiger partial charge on any atom is -0.423 e. The standard InChI is InChI=1S/C12H9BCl3NO4S/c14-8-2-1-3-11(12(8)16)22(20,21)17-10-5-4-7(13(18)19)6-9(10)15/h1-6,17-19H. The van der Waals surface area contributed by atoms with Crippen molar-refractivity contribution in [1.82, 2.24) is 0 Å². The van der Waals surface area contributed by atoms with Crippen LogP contribution in [0.1, 0.15) is 0 Å². The zero-order valence-electron chi connectivity index (χ0n) is 10.8. The van der Waals surface area contributed by atoms with Crippen LogP contribution in [0.4, 0.5) is 5.69 Å². The lowest BCUT2D eigenvalue weighted by molar-refractivity contribution is 0.426. The Balaban J connectivity index is 2.39.